The molecular formula is C17H23N3O3. The second-order valence-electron chi connectivity index (χ2n) is 6.34. The van der Waals surface area contributed by atoms with E-state index in [0.717, 1.165) is 12.2 Å². The van der Waals surface area contributed by atoms with Gasteiger partial charge in [-0.2, -0.15) is 0 Å². The molecule has 0 saturated carbocycles. The molecule has 1 saturated heterocycles. The molecule has 0 spiro atoms. The summed E-state index contributed by atoms with van der Waals surface area (Å²) < 4.78 is 5.74. The van der Waals surface area contributed by atoms with E-state index in [0.29, 0.717) is 39.1 Å². The first-order chi connectivity index (χ1) is 11.1. The zero-order valence-corrected chi connectivity index (χ0v) is 13.2. The zero-order chi connectivity index (χ0) is 16.2. The fourth-order valence-corrected chi connectivity index (χ4v) is 3.23. The standard InChI is InChI=1S/C17H23N3O3/c18-16(21)13-5-7-20(8-6-13)17(22)19-10-12-9-14-3-1-2-4-15(14)23-11-12/h1-4,12-13H,5-11H2,(H2,18,21)(H,19,22)/t12-/m0/s1. The molecule has 1 fully saturated rings. The Kier molecular flexibility index (Phi) is 4.69. The van der Waals surface area contributed by atoms with E-state index in [2.05, 4.69) is 11.4 Å². The lowest BCUT2D eigenvalue weighted by Gasteiger charge is -2.31. The molecule has 0 aliphatic carbocycles. The maximum Gasteiger partial charge on any atom is 0.317 e. The fraction of sp³-hybridized carbons (Fsp3) is 0.529. The van der Waals surface area contributed by atoms with Crippen LogP contribution in [0, 0.1) is 11.8 Å². The number of nitrogens with zero attached hydrogens (tertiary/aromatic N) is 1. The number of fused-ring (bicyclic) bond motifs is 1. The van der Waals surface area contributed by atoms with Crippen molar-refractivity contribution in [2.75, 3.05) is 26.2 Å². The largest absolute Gasteiger partial charge is 0.493 e. The monoisotopic (exact) mass is 317 g/mol. The molecule has 23 heavy (non-hydrogen) atoms. The van der Waals surface area contributed by atoms with Crippen molar-refractivity contribution in [3.8, 4) is 5.75 Å². The van der Waals surface area contributed by atoms with Crippen LogP contribution in [-0.4, -0.2) is 43.1 Å². The first-order valence-electron chi connectivity index (χ1n) is 8.16. The van der Waals surface area contributed by atoms with Crippen molar-refractivity contribution in [1.29, 1.82) is 0 Å². The number of likely N-dealkylation sites (tertiary alicyclic amines) is 1. The van der Waals surface area contributed by atoms with Crippen LogP contribution in [0.25, 0.3) is 0 Å². The highest BCUT2D eigenvalue weighted by molar-refractivity contribution is 5.78. The predicted octanol–water partition coefficient (Wildman–Crippen LogP) is 1.14. The van der Waals surface area contributed by atoms with Crippen molar-refractivity contribution in [3.63, 3.8) is 0 Å². The maximum absolute atomic E-state index is 12.2. The molecule has 3 rings (SSSR count). The van der Waals surface area contributed by atoms with Gasteiger partial charge in [0, 0.05) is 31.5 Å². The van der Waals surface area contributed by atoms with Crippen LogP contribution in [-0.2, 0) is 11.2 Å². The number of rotatable bonds is 3. The van der Waals surface area contributed by atoms with Crippen LogP contribution >= 0.6 is 0 Å². The highest BCUT2D eigenvalue weighted by Crippen LogP contribution is 2.26. The summed E-state index contributed by atoms with van der Waals surface area (Å²) in [6.45, 7) is 2.40. The second-order valence-corrected chi connectivity index (χ2v) is 6.34. The molecule has 3 N–H and O–H groups in total. The van der Waals surface area contributed by atoms with Gasteiger partial charge in [0.25, 0.3) is 0 Å². The summed E-state index contributed by atoms with van der Waals surface area (Å²) in [6.07, 6.45) is 2.23. The summed E-state index contributed by atoms with van der Waals surface area (Å²) in [7, 11) is 0. The molecule has 2 heterocycles. The van der Waals surface area contributed by atoms with Crippen molar-refractivity contribution in [2.24, 2.45) is 17.6 Å². The number of amides is 3. The van der Waals surface area contributed by atoms with Crippen molar-refractivity contribution in [2.45, 2.75) is 19.3 Å². The van der Waals surface area contributed by atoms with E-state index in [1.807, 2.05) is 18.2 Å². The highest BCUT2D eigenvalue weighted by atomic mass is 16.5. The Morgan fingerprint density at radius 2 is 2.00 bits per heavy atom. The topological polar surface area (TPSA) is 84.7 Å². The number of para-hydroxylation sites is 1. The number of hydrogen-bond acceptors (Lipinski definition) is 3. The molecule has 3 amide bonds. The van der Waals surface area contributed by atoms with Gasteiger partial charge in [0.1, 0.15) is 5.75 Å². The van der Waals surface area contributed by atoms with Crippen LogP contribution in [0.2, 0.25) is 0 Å². The molecule has 6 nitrogen and oxygen atoms in total. The normalized spacial score (nSPS) is 21.2. The number of hydrogen-bond donors (Lipinski definition) is 2. The minimum absolute atomic E-state index is 0.0632. The van der Waals surface area contributed by atoms with Crippen LogP contribution < -0.4 is 15.8 Å². The number of benzene rings is 1. The van der Waals surface area contributed by atoms with Gasteiger partial charge in [-0.25, -0.2) is 4.79 Å². The van der Waals surface area contributed by atoms with E-state index in [4.69, 9.17) is 10.5 Å². The third-order valence-corrected chi connectivity index (χ3v) is 4.68. The van der Waals surface area contributed by atoms with Gasteiger partial charge >= 0.3 is 6.03 Å². The van der Waals surface area contributed by atoms with E-state index in [1.54, 1.807) is 4.90 Å². The molecule has 0 radical (unpaired) electrons. The van der Waals surface area contributed by atoms with Gasteiger partial charge in [-0.05, 0) is 30.9 Å². The molecule has 2 aliphatic rings. The van der Waals surface area contributed by atoms with Crippen LogP contribution in [0.5, 0.6) is 5.75 Å². The Morgan fingerprint density at radius 3 is 2.74 bits per heavy atom. The molecule has 1 aromatic rings. The van der Waals surface area contributed by atoms with Gasteiger partial charge in [-0.3, -0.25) is 4.79 Å². The van der Waals surface area contributed by atoms with E-state index in [9.17, 15) is 9.59 Å². The number of carbonyl (C=O) groups excluding carboxylic acids is 2. The summed E-state index contributed by atoms with van der Waals surface area (Å²) in [5.74, 6) is 0.881. The minimum atomic E-state index is -0.261. The van der Waals surface area contributed by atoms with E-state index in [1.165, 1.54) is 5.56 Å². The molecule has 6 heteroatoms. The highest BCUT2D eigenvalue weighted by Gasteiger charge is 2.26. The van der Waals surface area contributed by atoms with Crippen LogP contribution in [0.1, 0.15) is 18.4 Å². The lowest BCUT2D eigenvalue weighted by molar-refractivity contribution is -0.123. The van der Waals surface area contributed by atoms with E-state index in [-0.39, 0.29) is 23.8 Å². The number of nitrogens with one attached hydrogen (secondary N) is 1. The molecule has 0 unspecified atom stereocenters. The second kappa shape index (κ2) is 6.89. The molecular weight excluding hydrogens is 294 g/mol. The van der Waals surface area contributed by atoms with Crippen LogP contribution in [0.4, 0.5) is 4.79 Å². The van der Waals surface area contributed by atoms with Gasteiger partial charge in [0.15, 0.2) is 0 Å². The Labute approximate surface area is 136 Å². The average molecular weight is 317 g/mol. The predicted molar refractivity (Wildman–Crippen MR) is 86.0 cm³/mol. The third-order valence-electron chi connectivity index (χ3n) is 4.68. The quantitative estimate of drug-likeness (QED) is 0.877. The van der Waals surface area contributed by atoms with Crippen LogP contribution in [0.15, 0.2) is 24.3 Å². The molecule has 124 valence electrons. The number of ether oxygens (including phenoxy) is 1. The summed E-state index contributed by atoms with van der Waals surface area (Å²) in [5.41, 5.74) is 6.51. The lowest BCUT2D eigenvalue weighted by atomic mass is 9.96. The van der Waals surface area contributed by atoms with Crippen molar-refractivity contribution < 1.29 is 14.3 Å². The van der Waals surface area contributed by atoms with Crippen molar-refractivity contribution >= 4 is 11.9 Å². The number of urea groups is 1. The van der Waals surface area contributed by atoms with Gasteiger partial charge < -0.3 is 20.7 Å². The van der Waals surface area contributed by atoms with E-state index < -0.39 is 0 Å². The lowest BCUT2D eigenvalue weighted by Crippen LogP contribution is -2.47. The Balaban J connectivity index is 1.44. The minimum Gasteiger partial charge on any atom is -0.493 e. The van der Waals surface area contributed by atoms with Crippen molar-refractivity contribution in [3.05, 3.63) is 29.8 Å². The third kappa shape index (κ3) is 3.75. The number of piperidine rings is 1. The first-order valence-corrected chi connectivity index (χ1v) is 8.16. The zero-order valence-electron chi connectivity index (χ0n) is 13.2. The maximum atomic E-state index is 12.2. The molecule has 0 aromatic heterocycles. The van der Waals surface area contributed by atoms with Gasteiger partial charge in [-0.15, -0.1) is 0 Å². The summed E-state index contributed by atoms with van der Waals surface area (Å²) in [6, 6.07) is 7.96. The average Bonchev–Trinajstić information content (AvgIpc) is 2.59. The smallest absolute Gasteiger partial charge is 0.317 e. The van der Waals surface area contributed by atoms with Gasteiger partial charge in [0.2, 0.25) is 5.91 Å². The number of nitrogens with two attached hydrogens (primary N) is 1. The Hall–Kier alpha value is -2.24. The molecule has 2 aliphatic heterocycles. The number of carbonyl (C=O) groups is 2. The van der Waals surface area contributed by atoms with Crippen LogP contribution in [0.3, 0.4) is 0 Å². The number of primary amides is 1. The van der Waals surface area contributed by atoms with Gasteiger partial charge in [0.05, 0.1) is 6.61 Å². The molecule has 1 atom stereocenters. The summed E-state index contributed by atoms with van der Waals surface area (Å²) >= 11 is 0. The summed E-state index contributed by atoms with van der Waals surface area (Å²) in [4.78, 5) is 25.1. The molecule has 0 bridgehead atoms. The Morgan fingerprint density at radius 1 is 1.26 bits per heavy atom. The van der Waals surface area contributed by atoms with E-state index >= 15 is 0 Å². The SMILES string of the molecule is NC(=O)C1CCN(C(=O)NC[C@H]2COc3ccccc3C2)CC1. The van der Waals surface area contributed by atoms with Crippen molar-refractivity contribution in [1.82, 2.24) is 10.2 Å². The fourth-order valence-electron chi connectivity index (χ4n) is 3.23. The van der Waals surface area contributed by atoms with Gasteiger partial charge in [-0.1, -0.05) is 18.2 Å². The molecule has 1 aromatic carbocycles. The Bertz CT molecular complexity index is 582. The first kappa shape index (κ1) is 15.6. The summed E-state index contributed by atoms with van der Waals surface area (Å²) in [5, 5.41) is 2.99.